The molecule has 128 valence electrons. The Balaban J connectivity index is 1.82. The van der Waals surface area contributed by atoms with Crippen molar-refractivity contribution in [2.45, 2.75) is 20.0 Å². The van der Waals surface area contributed by atoms with Crippen molar-refractivity contribution in [2.24, 2.45) is 5.84 Å². The molecule has 0 saturated carbocycles. The quantitative estimate of drug-likeness (QED) is 0.400. The van der Waals surface area contributed by atoms with Gasteiger partial charge in [-0.05, 0) is 24.1 Å². The maximum Gasteiger partial charge on any atom is 0.421 e. The lowest BCUT2D eigenvalue weighted by Crippen LogP contribution is -2.37. The fourth-order valence-electron chi connectivity index (χ4n) is 1.84. The van der Waals surface area contributed by atoms with E-state index in [1.54, 1.807) is 12.1 Å². The Kier molecular flexibility index (Phi) is 6.10. The SMILES string of the molecule is CC(=O)Nc1nc(COc2ccc(CCN(N)C(=O)O)cc2)cs1. The number of hydrogen-bond donors (Lipinski definition) is 3. The predicted octanol–water partition coefficient (Wildman–Crippen LogP) is 2.08. The highest BCUT2D eigenvalue weighted by Gasteiger charge is 2.07. The van der Waals surface area contributed by atoms with Gasteiger partial charge in [-0.15, -0.1) is 11.3 Å². The van der Waals surface area contributed by atoms with Gasteiger partial charge in [0, 0.05) is 18.8 Å². The van der Waals surface area contributed by atoms with Crippen LogP contribution in [0.3, 0.4) is 0 Å². The molecule has 0 bridgehead atoms. The van der Waals surface area contributed by atoms with Crippen LogP contribution in [0.1, 0.15) is 18.2 Å². The fraction of sp³-hybridized carbons (Fsp3) is 0.267. The topological polar surface area (TPSA) is 118 Å². The molecule has 0 saturated heterocycles. The molecule has 1 heterocycles. The van der Waals surface area contributed by atoms with Crippen LogP contribution >= 0.6 is 11.3 Å². The van der Waals surface area contributed by atoms with E-state index < -0.39 is 6.09 Å². The van der Waals surface area contributed by atoms with E-state index in [-0.39, 0.29) is 12.5 Å². The number of aromatic nitrogens is 1. The Morgan fingerprint density at radius 2 is 2.08 bits per heavy atom. The van der Waals surface area contributed by atoms with Gasteiger partial charge in [-0.25, -0.2) is 20.6 Å². The molecule has 0 unspecified atom stereocenters. The maximum absolute atomic E-state index is 10.9. The van der Waals surface area contributed by atoms with Crippen molar-refractivity contribution in [1.29, 1.82) is 0 Å². The highest BCUT2D eigenvalue weighted by atomic mass is 32.1. The minimum absolute atomic E-state index is 0.161. The number of ether oxygens (including phenoxy) is 1. The van der Waals surface area contributed by atoms with E-state index in [2.05, 4.69) is 10.3 Å². The van der Waals surface area contributed by atoms with Crippen molar-refractivity contribution >= 4 is 28.5 Å². The van der Waals surface area contributed by atoms with Crippen LogP contribution in [0.2, 0.25) is 0 Å². The molecule has 0 aliphatic heterocycles. The number of nitrogens with zero attached hydrogens (tertiary/aromatic N) is 2. The Bertz CT molecular complexity index is 702. The summed E-state index contributed by atoms with van der Waals surface area (Å²) in [6, 6.07) is 7.32. The Morgan fingerprint density at radius 1 is 1.38 bits per heavy atom. The second-order valence-corrected chi connectivity index (χ2v) is 5.84. The van der Waals surface area contributed by atoms with Gasteiger partial charge in [0.05, 0.1) is 5.69 Å². The number of benzene rings is 1. The van der Waals surface area contributed by atoms with Crippen LogP contribution in [0.25, 0.3) is 0 Å². The average Bonchev–Trinajstić information content (AvgIpc) is 2.98. The van der Waals surface area contributed by atoms with Crippen molar-refractivity contribution in [3.8, 4) is 5.75 Å². The predicted molar refractivity (Wildman–Crippen MR) is 89.8 cm³/mol. The first-order valence-electron chi connectivity index (χ1n) is 7.13. The molecule has 2 amide bonds. The van der Waals surface area contributed by atoms with Crippen molar-refractivity contribution in [3.05, 3.63) is 40.9 Å². The van der Waals surface area contributed by atoms with Crippen molar-refractivity contribution < 1.29 is 19.4 Å². The summed E-state index contributed by atoms with van der Waals surface area (Å²) in [7, 11) is 0. The number of carboxylic acid groups (broad SMARTS) is 1. The van der Waals surface area contributed by atoms with Gasteiger partial charge in [0.2, 0.25) is 5.91 Å². The highest BCUT2D eigenvalue weighted by Crippen LogP contribution is 2.18. The Morgan fingerprint density at radius 3 is 2.71 bits per heavy atom. The van der Waals surface area contributed by atoms with Gasteiger partial charge < -0.3 is 15.2 Å². The van der Waals surface area contributed by atoms with Crippen LogP contribution < -0.4 is 15.9 Å². The summed E-state index contributed by atoms with van der Waals surface area (Å²) in [5.41, 5.74) is 1.69. The van der Waals surface area contributed by atoms with Crippen LogP contribution in [-0.2, 0) is 17.8 Å². The van der Waals surface area contributed by atoms with E-state index in [1.165, 1.54) is 18.3 Å². The van der Waals surface area contributed by atoms with Crippen molar-refractivity contribution in [3.63, 3.8) is 0 Å². The number of thiazole rings is 1. The van der Waals surface area contributed by atoms with Gasteiger partial charge in [0.1, 0.15) is 12.4 Å². The van der Waals surface area contributed by atoms with Gasteiger partial charge in [-0.2, -0.15) is 0 Å². The molecule has 0 spiro atoms. The van der Waals surface area contributed by atoms with E-state index in [0.717, 1.165) is 16.3 Å². The number of hydrazine groups is 1. The molecule has 0 radical (unpaired) electrons. The van der Waals surface area contributed by atoms with Crippen LogP contribution in [0, 0.1) is 0 Å². The number of hydrogen-bond acceptors (Lipinski definition) is 6. The van der Waals surface area contributed by atoms with E-state index in [4.69, 9.17) is 15.7 Å². The fourth-order valence-corrected chi connectivity index (χ4v) is 2.58. The lowest BCUT2D eigenvalue weighted by Gasteiger charge is -2.12. The van der Waals surface area contributed by atoms with Gasteiger partial charge in [0.25, 0.3) is 0 Å². The summed E-state index contributed by atoms with van der Waals surface area (Å²) in [6.45, 7) is 1.95. The molecular formula is C15H18N4O4S. The largest absolute Gasteiger partial charge is 0.487 e. The minimum Gasteiger partial charge on any atom is -0.487 e. The normalized spacial score (nSPS) is 10.2. The molecule has 2 rings (SSSR count). The van der Waals surface area contributed by atoms with Gasteiger partial charge >= 0.3 is 6.09 Å². The molecular weight excluding hydrogens is 332 g/mol. The summed E-state index contributed by atoms with van der Waals surface area (Å²) >= 11 is 1.34. The number of anilines is 1. The summed E-state index contributed by atoms with van der Waals surface area (Å²) in [6.07, 6.45) is -0.633. The first-order valence-corrected chi connectivity index (χ1v) is 8.01. The first-order chi connectivity index (χ1) is 11.4. The molecule has 1 aromatic carbocycles. The second kappa shape index (κ2) is 8.27. The lowest BCUT2D eigenvalue weighted by molar-refractivity contribution is -0.114. The number of nitrogens with two attached hydrogens (primary N) is 1. The number of amides is 2. The molecule has 0 atom stereocenters. The van der Waals surface area contributed by atoms with Crippen LogP contribution in [0.15, 0.2) is 29.6 Å². The highest BCUT2D eigenvalue weighted by molar-refractivity contribution is 7.13. The summed E-state index contributed by atoms with van der Waals surface area (Å²) in [5.74, 6) is 5.83. The van der Waals surface area contributed by atoms with E-state index >= 15 is 0 Å². The second-order valence-electron chi connectivity index (χ2n) is 4.98. The number of carbonyl (C=O) groups is 2. The molecule has 8 nitrogen and oxygen atoms in total. The lowest BCUT2D eigenvalue weighted by atomic mass is 10.1. The molecule has 24 heavy (non-hydrogen) atoms. The summed E-state index contributed by atoms with van der Waals surface area (Å²) in [5, 5.41) is 14.4. The van der Waals surface area contributed by atoms with E-state index in [9.17, 15) is 9.59 Å². The molecule has 0 aliphatic carbocycles. The number of rotatable bonds is 7. The molecule has 2 aromatic rings. The maximum atomic E-state index is 10.9. The van der Waals surface area contributed by atoms with Crippen molar-refractivity contribution in [2.75, 3.05) is 11.9 Å². The standard InChI is InChI=1S/C15H18N4O4S/c1-10(20)17-14-18-12(9-24-14)8-23-13-4-2-11(3-5-13)6-7-19(16)15(21)22/h2-5,9H,6-8,16H2,1H3,(H,21,22)(H,17,18,20). The molecule has 1 aromatic heterocycles. The van der Waals surface area contributed by atoms with Crippen molar-refractivity contribution in [1.82, 2.24) is 9.99 Å². The van der Waals surface area contributed by atoms with Crippen LogP contribution in [0.5, 0.6) is 5.75 Å². The first kappa shape index (κ1) is 17.7. The van der Waals surface area contributed by atoms with Crippen LogP contribution in [0.4, 0.5) is 9.93 Å². The van der Waals surface area contributed by atoms with E-state index in [0.29, 0.717) is 23.9 Å². The zero-order valence-corrected chi connectivity index (χ0v) is 13.9. The third-order valence-corrected chi connectivity index (χ3v) is 3.84. The zero-order valence-electron chi connectivity index (χ0n) is 13.1. The molecule has 9 heteroatoms. The Hall–Kier alpha value is -2.65. The molecule has 0 aliphatic rings. The van der Waals surface area contributed by atoms with Gasteiger partial charge in [-0.3, -0.25) is 4.79 Å². The third kappa shape index (κ3) is 5.52. The van der Waals surface area contributed by atoms with Crippen LogP contribution in [-0.4, -0.2) is 33.6 Å². The van der Waals surface area contributed by atoms with E-state index in [1.807, 2.05) is 17.5 Å². The summed E-state index contributed by atoms with van der Waals surface area (Å²) in [4.78, 5) is 25.8. The van der Waals surface area contributed by atoms with Gasteiger partial charge in [0.15, 0.2) is 5.13 Å². The zero-order chi connectivity index (χ0) is 17.5. The van der Waals surface area contributed by atoms with Gasteiger partial charge in [-0.1, -0.05) is 12.1 Å². The summed E-state index contributed by atoms with van der Waals surface area (Å²) < 4.78 is 5.63. The molecule has 4 N–H and O–H groups in total. The number of carbonyl (C=O) groups excluding carboxylic acids is 1. The Labute approximate surface area is 142 Å². The smallest absolute Gasteiger partial charge is 0.421 e. The third-order valence-electron chi connectivity index (χ3n) is 3.03. The average molecular weight is 350 g/mol. The minimum atomic E-state index is -1.16. The number of nitrogens with one attached hydrogen (secondary N) is 1. The monoisotopic (exact) mass is 350 g/mol. The molecule has 0 fully saturated rings.